The molecular weight excluding hydrogens is 258 g/mol. The Bertz CT molecular complexity index is 525. The summed E-state index contributed by atoms with van der Waals surface area (Å²) in [4.78, 5) is 1.19. The van der Waals surface area contributed by atoms with E-state index in [0.717, 1.165) is 18.1 Å². The first-order valence-electron chi connectivity index (χ1n) is 6.45. The van der Waals surface area contributed by atoms with Crippen LogP contribution in [-0.2, 0) is 7.05 Å². The van der Waals surface area contributed by atoms with E-state index >= 15 is 0 Å². The number of nitrogens with zero attached hydrogens (tertiary/aromatic N) is 4. The Morgan fingerprint density at radius 3 is 2.84 bits per heavy atom. The molecule has 0 amide bonds. The predicted molar refractivity (Wildman–Crippen MR) is 76.1 cm³/mol. The molecule has 1 aromatic carbocycles. The van der Waals surface area contributed by atoms with Crippen molar-refractivity contribution in [1.29, 1.82) is 0 Å². The number of benzene rings is 1. The van der Waals surface area contributed by atoms with Crippen molar-refractivity contribution in [2.75, 3.05) is 6.54 Å². The Labute approximate surface area is 117 Å². The van der Waals surface area contributed by atoms with Crippen LogP contribution in [0.4, 0.5) is 0 Å². The van der Waals surface area contributed by atoms with Gasteiger partial charge in [-0.25, -0.2) is 4.68 Å². The first-order valence-corrected chi connectivity index (χ1v) is 7.26. The third-order valence-corrected chi connectivity index (χ3v) is 3.99. The lowest BCUT2D eigenvalue weighted by atomic mass is 10.1. The zero-order valence-corrected chi connectivity index (χ0v) is 12.3. The third-order valence-electron chi connectivity index (χ3n) is 2.87. The Balaban J connectivity index is 2.18. The molecule has 5 nitrogen and oxygen atoms in total. The van der Waals surface area contributed by atoms with Crippen LogP contribution in [0.15, 0.2) is 34.3 Å². The van der Waals surface area contributed by atoms with Gasteiger partial charge in [-0.2, -0.15) is 0 Å². The van der Waals surface area contributed by atoms with Gasteiger partial charge in [-0.3, -0.25) is 0 Å². The van der Waals surface area contributed by atoms with Crippen LogP contribution in [0.25, 0.3) is 0 Å². The largest absolute Gasteiger partial charge is 0.310 e. The molecule has 1 atom stereocenters. The fourth-order valence-electron chi connectivity index (χ4n) is 1.81. The zero-order valence-electron chi connectivity index (χ0n) is 11.5. The molecular formula is C13H19N5S. The maximum Gasteiger partial charge on any atom is 0.213 e. The van der Waals surface area contributed by atoms with E-state index in [1.165, 1.54) is 10.5 Å². The number of tetrazole rings is 1. The van der Waals surface area contributed by atoms with Crippen LogP contribution in [0.5, 0.6) is 0 Å². The highest BCUT2D eigenvalue weighted by atomic mass is 32.2. The Kier molecular flexibility index (Phi) is 4.93. The minimum atomic E-state index is 0.324. The van der Waals surface area contributed by atoms with Gasteiger partial charge < -0.3 is 5.32 Å². The van der Waals surface area contributed by atoms with E-state index in [1.54, 1.807) is 16.4 Å². The summed E-state index contributed by atoms with van der Waals surface area (Å²) in [5.74, 6) is 0. The molecule has 19 heavy (non-hydrogen) atoms. The fourth-order valence-corrected chi connectivity index (χ4v) is 2.76. The normalized spacial score (nSPS) is 12.6. The van der Waals surface area contributed by atoms with E-state index in [9.17, 15) is 0 Å². The highest BCUT2D eigenvalue weighted by Crippen LogP contribution is 2.31. The second kappa shape index (κ2) is 6.68. The molecule has 1 unspecified atom stereocenters. The van der Waals surface area contributed by atoms with Crippen molar-refractivity contribution in [3.8, 4) is 0 Å². The lowest BCUT2D eigenvalue weighted by molar-refractivity contribution is 0.563. The average molecular weight is 277 g/mol. The SMILES string of the molecule is CCCNC(C)c1ccccc1Sc1nnnn1C. The number of aryl methyl sites for hydroxylation is 1. The number of hydrogen-bond acceptors (Lipinski definition) is 5. The van der Waals surface area contributed by atoms with Gasteiger partial charge in [0.1, 0.15) is 0 Å². The first-order chi connectivity index (χ1) is 9.22. The van der Waals surface area contributed by atoms with Crippen molar-refractivity contribution < 1.29 is 0 Å². The van der Waals surface area contributed by atoms with Crippen molar-refractivity contribution in [2.45, 2.75) is 36.4 Å². The molecule has 0 aliphatic carbocycles. The summed E-state index contributed by atoms with van der Waals surface area (Å²) in [5.41, 5.74) is 1.28. The highest BCUT2D eigenvalue weighted by Gasteiger charge is 2.12. The van der Waals surface area contributed by atoms with Crippen LogP contribution in [-0.4, -0.2) is 26.8 Å². The van der Waals surface area contributed by atoms with Gasteiger partial charge in [0.05, 0.1) is 0 Å². The van der Waals surface area contributed by atoms with E-state index in [1.807, 2.05) is 13.1 Å². The quantitative estimate of drug-likeness (QED) is 0.879. The molecule has 0 aliphatic rings. The molecule has 0 bridgehead atoms. The van der Waals surface area contributed by atoms with Gasteiger partial charge in [-0.1, -0.05) is 25.1 Å². The molecule has 1 heterocycles. The molecule has 0 saturated carbocycles. The van der Waals surface area contributed by atoms with Gasteiger partial charge in [-0.05, 0) is 53.7 Å². The van der Waals surface area contributed by atoms with E-state index in [4.69, 9.17) is 0 Å². The van der Waals surface area contributed by atoms with Gasteiger partial charge in [0.2, 0.25) is 5.16 Å². The Morgan fingerprint density at radius 2 is 2.16 bits per heavy atom. The van der Waals surface area contributed by atoms with Gasteiger partial charge in [0.15, 0.2) is 0 Å². The summed E-state index contributed by atoms with van der Waals surface area (Å²) >= 11 is 1.60. The van der Waals surface area contributed by atoms with E-state index in [0.29, 0.717) is 6.04 Å². The lowest BCUT2D eigenvalue weighted by Crippen LogP contribution is -2.19. The third kappa shape index (κ3) is 3.54. The molecule has 2 rings (SSSR count). The Morgan fingerprint density at radius 1 is 1.37 bits per heavy atom. The topological polar surface area (TPSA) is 55.6 Å². The van der Waals surface area contributed by atoms with Gasteiger partial charge >= 0.3 is 0 Å². The molecule has 1 aromatic heterocycles. The molecule has 0 radical (unpaired) electrons. The highest BCUT2D eigenvalue weighted by molar-refractivity contribution is 7.99. The van der Waals surface area contributed by atoms with Crippen molar-refractivity contribution in [2.24, 2.45) is 7.05 Å². The van der Waals surface area contributed by atoms with Gasteiger partial charge in [0, 0.05) is 18.0 Å². The fraction of sp³-hybridized carbons (Fsp3) is 0.462. The minimum absolute atomic E-state index is 0.324. The zero-order chi connectivity index (χ0) is 13.7. The van der Waals surface area contributed by atoms with Crippen LogP contribution in [0.1, 0.15) is 31.9 Å². The average Bonchev–Trinajstić information content (AvgIpc) is 2.82. The molecule has 102 valence electrons. The maximum absolute atomic E-state index is 4.02. The number of aromatic nitrogens is 4. The van der Waals surface area contributed by atoms with Crippen LogP contribution >= 0.6 is 11.8 Å². The smallest absolute Gasteiger partial charge is 0.213 e. The molecule has 0 aliphatic heterocycles. The summed E-state index contributed by atoms with van der Waals surface area (Å²) in [5, 5.41) is 15.9. The second-order valence-electron chi connectivity index (χ2n) is 4.40. The summed E-state index contributed by atoms with van der Waals surface area (Å²) in [6.07, 6.45) is 1.13. The molecule has 1 N–H and O–H groups in total. The standard InChI is InChI=1S/C13H19N5S/c1-4-9-14-10(2)11-7-5-6-8-12(11)19-13-15-16-17-18(13)3/h5-8,10,14H,4,9H2,1-3H3. The molecule has 0 saturated heterocycles. The van der Waals surface area contributed by atoms with Crippen molar-refractivity contribution in [3.05, 3.63) is 29.8 Å². The minimum Gasteiger partial charge on any atom is -0.310 e. The number of rotatable bonds is 6. The Hall–Kier alpha value is -1.40. The van der Waals surface area contributed by atoms with Crippen molar-refractivity contribution >= 4 is 11.8 Å². The van der Waals surface area contributed by atoms with Gasteiger partial charge in [0.25, 0.3) is 0 Å². The lowest BCUT2D eigenvalue weighted by Gasteiger charge is -2.16. The number of nitrogens with one attached hydrogen (secondary N) is 1. The first kappa shape index (κ1) is 14.0. The molecule has 0 spiro atoms. The number of hydrogen-bond donors (Lipinski definition) is 1. The predicted octanol–water partition coefficient (Wildman–Crippen LogP) is 2.42. The van der Waals surface area contributed by atoms with Crippen LogP contribution < -0.4 is 5.32 Å². The van der Waals surface area contributed by atoms with Crippen molar-refractivity contribution in [3.63, 3.8) is 0 Å². The monoisotopic (exact) mass is 277 g/mol. The van der Waals surface area contributed by atoms with E-state index in [-0.39, 0.29) is 0 Å². The van der Waals surface area contributed by atoms with E-state index in [2.05, 4.69) is 52.9 Å². The van der Waals surface area contributed by atoms with Crippen LogP contribution in [0.2, 0.25) is 0 Å². The van der Waals surface area contributed by atoms with Crippen LogP contribution in [0, 0.1) is 0 Å². The van der Waals surface area contributed by atoms with Gasteiger partial charge in [-0.15, -0.1) is 5.10 Å². The molecule has 0 fully saturated rings. The van der Waals surface area contributed by atoms with Crippen molar-refractivity contribution in [1.82, 2.24) is 25.5 Å². The summed E-state index contributed by atoms with van der Waals surface area (Å²) in [6, 6.07) is 8.70. The maximum atomic E-state index is 4.02. The summed E-state index contributed by atoms with van der Waals surface area (Å²) in [6.45, 7) is 5.38. The van der Waals surface area contributed by atoms with E-state index < -0.39 is 0 Å². The molecule has 6 heteroatoms. The summed E-state index contributed by atoms with van der Waals surface area (Å²) in [7, 11) is 1.85. The van der Waals surface area contributed by atoms with Crippen LogP contribution in [0.3, 0.4) is 0 Å². The molecule has 2 aromatic rings. The summed E-state index contributed by atoms with van der Waals surface area (Å²) < 4.78 is 1.69. The second-order valence-corrected chi connectivity index (χ2v) is 5.41.